The van der Waals surface area contributed by atoms with Crippen LogP contribution in [-0.4, -0.2) is 18.6 Å². The van der Waals surface area contributed by atoms with Gasteiger partial charge in [0.1, 0.15) is 12.3 Å². The lowest BCUT2D eigenvalue weighted by Gasteiger charge is -2.10. The van der Waals surface area contributed by atoms with Gasteiger partial charge in [-0.1, -0.05) is 17.2 Å². The Bertz CT molecular complexity index is 436. The maximum absolute atomic E-state index is 11.2. The lowest BCUT2D eigenvalue weighted by Crippen LogP contribution is -2.24. The Morgan fingerprint density at radius 1 is 1.44 bits per heavy atom. The molecule has 18 heavy (non-hydrogen) atoms. The molecule has 0 atom stereocenters. The second-order valence-electron chi connectivity index (χ2n) is 3.98. The molecule has 1 aromatic carbocycles. The first-order chi connectivity index (χ1) is 8.61. The number of rotatable bonds is 6. The van der Waals surface area contributed by atoms with Crippen molar-refractivity contribution in [2.45, 2.75) is 26.5 Å². The lowest BCUT2D eigenvalue weighted by atomic mass is 10.2. The van der Waals surface area contributed by atoms with Crippen LogP contribution in [0.3, 0.4) is 0 Å². The average Bonchev–Trinajstić information content (AvgIpc) is 2.35. The van der Waals surface area contributed by atoms with E-state index < -0.39 is 0 Å². The molecule has 0 bridgehead atoms. The Balaban J connectivity index is 2.43. The summed E-state index contributed by atoms with van der Waals surface area (Å²) in [7, 11) is 0. The highest BCUT2D eigenvalue weighted by molar-refractivity contribution is 5.78. The number of ether oxygens (including phenoxy) is 1. The Morgan fingerprint density at radius 3 is 2.67 bits per heavy atom. The molecule has 0 aliphatic carbocycles. The van der Waals surface area contributed by atoms with Crippen molar-refractivity contribution >= 4 is 5.91 Å². The molecule has 1 rings (SSSR count). The minimum atomic E-state index is -0.296. The smallest absolute Gasteiger partial charge is 0.226 e. The van der Waals surface area contributed by atoms with Gasteiger partial charge >= 0.3 is 0 Å². The second-order valence-corrected chi connectivity index (χ2v) is 3.98. The fourth-order valence-corrected chi connectivity index (χ4v) is 1.31. The molecule has 0 aromatic heterocycles. The van der Waals surface area contributed by atoms with Gasteiger partial charge in [0, 0.05) is 11.5 Å². The molecule has 0 heterocycles. The first kappa shape index (κ1) is 13.9. The summed E-state index contributed by atoms with van der Waals surface area (Å²) in [6, 6.07) is 7.47. The van der Waals surface area contributed by atoms with Gasteiger partial charge in [-0.05, 0) is 37.1 Å². The molecule has 0 aliphatic heterocycles. The van der Waals surface area contributed by atoms with E-state index in [-0.39, 0.29) is 18.6 Å². The highest BCUT2D eigenvalue weighted by Crippen LogP contribution is 2.13. The molecule has 6 nitrogen and oxygen atoms in total. The third kappa shape index (κ3) is 5.23. The Morgan fingerprint density at radius 2 is 2.11 bits per heavy atom. The molecule has 0 saturated carbocycles. The van der Waals surface area contributed by atoms with Crippen LogP contribution in [-0.2, 0) is 11.3 Å². The molecule has 0 spiro atoms. The maximum atomic E-state index is 11.2. The fraction of sp³-hybridized carbons (Fsp3) is 0.417. The SMILES string of the molecule is CC(C)Oc1ccc(CNC(=O)CN=[N+]=[N-])cc1. The third-order valence-electron chi connectivity index (χ3n) is 2.06. The van der Waals surface area contributed by atoms with Crippen molar-refractivity contribution in [3.63, 3.8) is 0 Å². The second kappa shape index (κ2) is 7.19. The number of carbonyl (C=O) groups is 1. The van der Waals surface area contributed by atoms with E-state index in [1.807, 2.05) is 38.1 Å². The Kier molecular flexibility index (Phi) is 5.54. The average molecular weight is 248 g/mol. The van der Waals surface area contributed by atoms with E-state index in [4.69, 9.17) is 10.3 Å². The summed E-state index contributed by atoms with van der Waals surface area (Å²) >= 11 is 0. The van der Waals surface area contributed by atoms with Gasteiger partial charge in [0.2, 0.25) is 5.91 Å². The number of benzene rings is 1. The molecular weight excluding hydrogens is 232 g/mol. The highest BCUT2D eigenvalue weighted by atomic mass is 16.5. The van der Waals surface area contributed by atoms with E-state index in [2.05, 4.69) is 15.3 Å². The fourth-order valence-electron chi connectivity index (χ4n) is 1.31. The predicted molar refractivity (Wildman–Crippen MR) is 68.1 cm³/mol. The number of hydrogen-bond acceptors (Lipinski definition) is 3. The maximum Gasteiger partial charge on any atom is 0.226 e. The van der Waals surface area contributed by atoms with Crippen LogP contribution in [0.1, 0.15) is 19.4 Å². The van der Waals surface area contributed by atoms with Crippen LogP contribution in [0.2, 0.25) is 0 Å². The number of azide groups is 1. The van der Waals surface area contributed by atoms with Crippen LogP contribution in [0.4, 0.5) is 0 Å². The zero-order valence-electron chi connectivity index (χ0n) is 10.5. The van der Waals surface area contributed by atoms with Gasteiger partial charge in [-0.3, -0.25) is 4.79 Å². The highest BCUT2D eigenvalue weighted by Gasteiger charge is 2.01. The van der Waals surface area contributed by atoms with Crippen LogP contribution < -0.4 is 10.1 Å². The van der Waals surface area contributed by atoms with Gasteiger partial charge in [0.15, 0.2) is 0 Å². The summed E-state index contributed by atoms with van der Waals surface area (Å²) in [6.07, 6.45) is 0.138. The minimum Gasteiger partial charge on any atom is -0.491 e. The van der Waals surface area contributed by atoms with Crippen LogP contribution in [0.5, 0.6) is 5.75 Å². The van der Waals surface area contributed by atoms with Gasteiger partial charge in [0.05, 0.1) is 6.10 Å². The standard InChI is InChI=1S/C12H16N4O2/c1-9(2)18-11-5-3-10(4-6-11)7-14-12(17)8-15-16-13/h3-6,9H,7-8H2,1-2H3,(H,14,17). The monoisotopic (exact) mass is 248 g/mol. The van der Waals surface area contributed by atoms with Gasteiger partial charge in [-0.15, -0.1) is 0 Å². The van der Waals surface area contributed by atoms with E-state index in [9.17, 15) is 4.79 Å². The molecular formula is C12H16N4O2. The summed E-state index contributed by atoms with van der Waals surface area (Å²) in [6.45, 7) is 4.15. The number of hydrogen-bond donors (Lipinski definition) is 1. The molecule has 6 heteroatoms. The van der Waals surface area contributed by atoms with Crippen molar-refractivity contribution in [1.29, 1.82) is 0 Å². The van der Waals surface area contributed by atoms with Crippen LogP contribution in [0, 0.1) is 0 Å². The molecule has 1 aromatic rings. The van der Waals surface area contributed by atoms with Crippen molar-refractivity contribution in [3.8, 4) is 5.75 Å². The van der Waals surface area contributed by atoms with Crippen LogP contribution in [0.25, 0.3) is 10.4 Å². The largest absolute Gasteiger partial charge is 0.491 e. The van der Waals surface area contributed by atoms with Gasteiger partial charge in [0.25, 0.3) is 0 Å². The molecule has 1 amide bonds. The zero-order valence-corrected chi connectivity index (χ0v) is 10.5. The van der Waals surface area contributed by atoms with Gasteiger partial charge in [-0.2, -0.15) is 0 Å². The minimum absolute atomic E-state index is 0.138. The van der Waals surface area contributed by atoms with Crippen molar-refractivity contribution < 1.29 is 9.53 Å². The number of carbonyl (C=O) groups excluding carboxylic acids is 1. The van der Waals surface area contributed by atoms with Crippen molar-refractivity contribution in [3.05, 3.63) is 40.3 Å². The van der Waals surface area contributed by atoms with E-state index in [0.717, 1.165) is 11.3 Å². The summed E-state index contributed by atoms with van der Waals surface area (Å²) in [5.74, 6) is 0.504. The van der Waals surface area contributed by atoms with E-state index in [1.165, 1.54) is 0 Å². The summed E-state index contributed by atoms with van der Waals surface area (Å²) in [5.41, 5.74) is 9.03. The van der Waals surface area contributed by atoms with E-state index in [1.54, 1.807) is 0 Å². The van der Waals surface area contributed by atoms with Gasteiger partial charge in [-0.25, -0.2) is 0 Å². The van der Waals surface area contributed by atoms with E-state index in [0.29, 0.717) is 6.54 Å². The van der Waals surface area contributed by atoms with Crippen molar-refractivity contribution in [2.75, 3.05) is 6.54 Å². The molecule has 0 radical (unpaired) electrons. The lowest BCUT2D eigenvalue weighted by molar-refractivity contribution is -0.119. The van der Waals surface area contributed by atoms with Crippen molar-refractivity contribution in [1.82, 2.24) is 5.32 Å². The molecule has 96 valence electrons. The molecule has 0 fully saturated rings. The van der Waals surface area contributed by atoms with E-state index >= 15 is 0 Å². The Hall–Kier alpha value is -2.20. The first-order valence-electron chi connectivity index (χ1n) is 5.65. The van der Waals surface area contributed by atoms with Crippen LogP contribution in [0.15, 0.2) is 29.4 Å². The topological polar surface area (TPSA) is 87.1 Å². The van der Waals surface area contributed by atoms with Crippen LogP contribution >= 0.6 is 0 Å². The molecule has 0 unspecified atom stereocenters. The quantitative estimate of drug-likeness (QED) is 0.476. The third-order valence-corrected chi connectivity index (χ3v) is 2.06. The van der Waals surface area contributed by atoms with Gasteiger partial charge < -0.3 is 10.1 Å². The zero-order chi connectivity index (χ0) is 13.4. The molecule has 0 aliphatic rings. The Labute approximate surface area is 106 Å². The normalized spacial score (nSPS) is 9.72. The summed E-state index contributed by atoms with van der Waals surface area (Å²) < 4.78 is 5.51. The predicted octanol–water partition coefficient (Wildman–Crippen LogP) is 2.40. The van der Waals surface area contributed by atoms with Crippen molar-refractivity contribution in [2.24, 2.45) is 5.11 Å². The molecule has 0 saturated heterocycles. The first-order valence-corrected chi connectivity index (χ1v) is 5.65. The summed E-state index contributed by atoms with van der Waals surface area (Å²) in [5, 5.41) is 5.83. The summed E-state index contributed by atoms with van der Waals surface area (Å²) in [4.78, 5) is 13.7. The number of nitrogens with one attached hydrogen (secondary N) is 1. The number of amides is 1. The molecule has 1 N–H and O–H groups in total. The number of nitrogens with zero attached hydrogens (tertiary/aromatic N) is 3.